The van der Waals surface area contributed by atoms with Crippen LogP contribution in [-0.2, 0) is 6.42 Å². The fourth-order valence-corrected chi connectivity index (χ4v) is 1.78. The lowest BCUT2D eigenvalue weighted by Crippen LogP contribution is -2.43. The summed E-state index contributed by atoms with van der Waals surface area (Å²) in [7, 11) is 0. The molecule has 1 aromatic rings. The van der Waals surface area contributed by atoms with E-state index in [-0.39, 0.29) is 0 Å². The van der Waals surface area contributed by atoms with Crippen molar-refractivity contribution in [2.24, 2.45) is 0 Å². The molecule has 2 rings (SSSR count). The van der Waals surface area contributed by atoms with Crippen molar-refractivity contribution >= 4 is 5.69 Å². The van der Waals surface area contributed by atoms with Gasteiger partial charge < -0.3 is 10.2 Å². The third kappa shape index (κ3) is 1.80. The van der Waals surface area contributed by atoms with Gasteiger partial charge in [0.1, 0.15) is 0 Å². The van der Waals surface area contributed by atoms with E-state index in [1.807, 2.05) is 12.3 Å². The first kappa shape index (κ1) is 9.27. The lowest BCUT2D eigenvalue weighted by atomic mass is 10.2. The molecule has 76 valence electrons. The molecule has 2 heterocycles. The predicted octanol–water partition coefficient (Wildman–Crippen LogP) is 0.548. The van der Waals surface area contributed by atoms with Crippen LogP contribution in [0.1, 0.15) is 5.69 Å². The standard InChI is InChI=1S/C10H16N4/c1-2-3-9-10(8-12-13-9)14-6-4-11-5-7-14/h2,8,11H,1,3-7H2,(H,12,13). The van der Waals surface area contributed by atoms with Crippen molar-refractivity contribution in [2.75, 3.05) is 31.1 Å². The number of hydrogen-bond acceptors (Lipinski definition) is 3. The average Bonchev–Trinajstić information content (AvgIpc) is 2.68. The van der Waals surface area contributed by atoms with Crippen LogP contribution in [-0.4, -0.2) is 36.4 Å². The third-order valence-electron chi connectivity index (χ3n) is 2.50. The van der Waals surface area contributed by atoms with Crippen LogP contribution in [0.25, 0.3) is 0 Å². The van der Waals surface area contributed by atoms with Crippen LogP contribution in [0.3, 0.4) is 0 Å². The highest BCUT2D eigenvalue weighted by molar-refractivity contribution is 5.50. The molecule has 1 aliphatic heterocycles. The molecule has 0 bridgehead atoms. The highest BCUT2D eigenvalue weighted by Gasteiger charge is 2.14. The van der Waals surface area contributed by atoms with Crippen molar-refractivity contribution in [3.05, 3.63) is 24.5 Å². The van der Waals surface area contributed by atoms with Crippen molar-refractivity contribution in [1.29, 1.82) is 0 Å². The molecule has 4 heteroatoms. The van der Waals surface area contributed by atoms with Gasteiger partial charge in [-0.25, -0.2) is 0 Å². The van der Waals surface area contributed by atoms with Crippen LogP contribution in [0.2, 0.25) is 0 Å². The summed E-state index contributed by atoms with van der Waals surface area (Å²) in [6.07, 6.45) is 4.67. The van der Waals surface area contributed by atoms with Gasteiger partial charge in [0.05, 0.1) is 17.6 Å². The van der Waals surface area contributed by atoms with E-state index in [0.29, 0.717) is 0 Å². The van der Waals surface area contributed by atoms with Crippen LogP contribution in [0.5, 0.6) is 0 Å². The molecule has 0 spiro atoms. The fraction of sp³-hybridized carbons (Fsp3) is 0.500. The van der Waals surface area contributed by atoms with Crippen molar-refractivity contribution in [3.8, 4) is 0 Å². The van der Waals surface area contributed by atoms with Crippen LogP contribution in [0.4, 0.5) is 5.69 Å². The van der Waals surface area contributed by atoms with Crippen molar-refractivity contribution in [1.82, 2.24) is 15.5 Å². The van der Waals surface area contributed by atoms with E-state index in [2.05, 4.69) is 27.0 Å². The summed E-state index contributed by atoms with van der Waals surface area (Å²) in [6, 6.07) is 0. The number of nitrogens with one attached hydrogen (secondary N) is 2. The number of aromatic nitrogens is 2. The monoisotopic (exact) mass is 192 g/mol. The highest BCUT2D eigenvalue weighted by Crippen LogP contribution is 2.18. The number of hydrogen-bond donors (Lipinski definition) is 2. The summed E-state index contributed by atoms with van der Waals surface area (Å²) < 4.78 is 0. The zero-order valence-electron chi connectivity index (χ0n) is 8.29. The molecule has 0 saturated carbocycles. The first-order valence-electron chi connectivity index (χ1n) is 5.00. The van der Waals surface area contributed by atoms with Gasteiger partial charge in [0.15, 0.2) is 0 Å². The SMILES string of the molecule is C=CCc1[nH]ncc1N1CCNCC1. The van der Waals surface area contributed by atoms with Gasteiger partial charge in [0.2, 0.25) is 0 Å². The summed E-state index contributed by atoms with van der Waals surface area (Å²) in [5.41, 5.74) is 2.40. The minimum absolute atomic E-state index is 0.860. The zero-order valence-corrected chi connectivity index (χ0v) is 8.29. The maximum atomic E-state index is 4.08. The molecule has 1 fully saturated rings. The topological polar surface area (TPSA) is 44.0 Å². The van der Waals surface area contributed by atoms with Gasteiger partial charge in [0, 0.05) is 32.6 Å². The van der Waals surface area contributed by atoms with E-state index >= 15 is 0 Å². The second-order valence-electron chi connectivity index (χ2n) is 3.46. The smallest absolute Gasteiger partial charge is 0.0786 e. The maximum absolute atomic E-state index is 4.08. The predicted molar refractivity (Wildman–Crippen MR) is 57.6 cm³/mol. The molecular weight excluding hydrogens is 176 g/mol. The number of allylic oxidation sites excluding steroid dienone is 1. The van der Waals surface area contributed by atoms with Gasteiger partial charge in [-0.15, -0.1) is 6.58 Å². The number of rotatable bonds is 3. The number of H-pyrrole nitrogens is 1. The molecule has 0 aliphatic carbocycles. The minimum atomic E-state index is 0.860. The fourth-order valence-electron chi connectivity index (χ4n) is 1.78. The summed E-state index contributed by atoms with van der Waals surface area (Å²) in [5.74, 6) is 0. The van der Waals surface area contributed by atoms with Gasteiger partial charge in [0.25, 0.3) is 0 Å². The van der Waals surface area contributed by atoms with E-state index in [0.717, 1.165) is 32.6 Å². The molecular formula is C10H16N4. The summed E-state index contributed by atoms with van der Waals surface area (Å²) in [5, 5.41) is 10.4. The molecule has 14 heavy (non-hydrogen) atoms. The molecule has 0 radical (unpaired) electrons. The third-order valence-corrected chi connectivity index (χ3v) is 2.50. The molecule has 0 unspecified atom stereocenters. The Balaban J connectivity index is 2.12. The summed E-state index contributed by atoms with van der Waals surface area (Å²) >= 11 is 0. The largest absolute Gasteiger partial charge is 0.366 e. The van der Waals surface area contributed by atoms with Crippen LogP contribution in [0, 0.1) is 0 Å². The van der Waals surface area contributed by atoms with Gasteiger partial charge in [-0.2, -0.15) is 5.10 Å². The van der Waals surface area contributed by atoms with Gasteiger partial charge in [-0.3, -0.25) is 5.10 Å². The molecule has 4 nitrogen and oxygen atoms in total. The van der Waals surface area contributed by atoms with E-state index in [9.17, 15) is 0 Å². The molecule has 1 aliphatic rings. The average molecular weight is 192 g/mol. The van der Waals surface area contributed by atoms with Crippen LogP contribution >= 0.6 is 0 Å². The number of anilines is 1. The first-order valence-corrected chi connectivity index (χ1v) is 5.00. The van der Waals surface area contributed by atoms with Gasteiger partial charge in [-0.05, 0) is 0 Å². The van der Waals surface area contributed by atoms with E-state index in [4.69, 9.17) is 0 Å². The lowest BCUT2D eigenvalue weighted by molar-refractivity contribution is 0.588. The van der Waals surface area contributed by atoms with Crippen LogP contribution < -0.4 is 10.2 Å². The van der Waals surface area contributed by atoms with Gasteiger partial charge >= 0.3 is 0 Å². The Morgan fingerprint density at radius 2 is 2.29 bits per heavy atom. The van der Waals surface area contributed by atoms with Crippen molar-refractivity contribution in [3.63, 3.8) is 0 Å². The Hall–Kier alpha value is -1.29. The molecule has 1 aromatic heterocycles. The highest BCUT2D eigenvalue weighted by atomic mass is 15.2. The second kappa shape index (κ2) is 4.28. The Bertz CT molecular complexity index is 299. The summed E-state index contributed by atoms with van der Waals surface area (Å²) in [6.45, 7) is 7.97. The Morgan fingerprint density at radius 3 is 3.00 bits per heavy atom. The van der Waals surface area contributed by atoms with Crippen molar-refractivity contribution in [2.45, 2.75) is 6.42 Å². The van der Waals surface area contributed by atoms with Gasteiger partial charge in [-0.1, -0.05) is 6.08 Å². The Morgan fingerprint density at radius 1 is 1.50 bits per heavy atom. The number of aromatic amines is 1. The molecule has 0 atom stereocenters. The van der Waals surface area contributed by atoms with E-state index in [1.165, 1.54) is 11.4 Å². The Kier molecular flexibility index (Phi) is 2.84. The maximum Gasteiger partial charge on any atom is 0.0786 e. The molecule has 2 N–H and O–H groups in total. The van der Waals surface area contributed by atoms with E-state index in [1.54, 1.807) is 0 Å². The number of piperazine rings is 1. The molecule has 1 saturated heterocycles. The molecule has 0 amide bonds. The zero-order chi connectivity index (χ0) is 9.80. The normalized spacial score (nSPS) is 17.0. The Labute approximate surface area is 84.0 Å². The number of nitrogens with zero attached hydrogens (tertiary/aromatic N) is 2. The summed E-state index contributed by atoms with van der Waals surface area (Å²) in [4.78, 5) is 2.36. The van der Waals surface area contributed by atoms with Crippen LogP contribution in [0.15, 0.2) is 18.9 Å². The molecule has 0 aromatic carbocycles. The first-order chi connectivity index (χ1) is 6.92. The lowest BCUT2D eigenvalue weighted by Gasteiger charge is -2.28. The quantitative estimate of drug-likeness (QED) is 0.687. The minimum Gasteiger partial charge on any atom is -0.366 e. The second-order valence-corrected chi connectivity index (χ2v) is 3.46. The van der Waals surface area contributed by atoms with Crippen molar-refractivity contribution < 1.29 is 0 Å². The van der Waals surface area contributed by atoms with E-state index < -0.39 is 0 Å².